The van der Waals surface area contributed by atoms with E-state index in [-0.39, 0.29) is 5.56 Å². The summed E-state index contributed by atoms with van der Waals surface area (Å²) in [6.45, 7) is 8.18. The first-order valence-corrected chi connectivity index (χ1v) is 12.9. The highest BCUT2D eigenvalue weighted by Gasteiger charge is 2.18. The van der Waals surface area contributed by atoms with Crippen LogP contribution >= 0.6 is 34.5 Å². The van der Waals surface area contributed by atoms with Crippen LogP contribution in [0.25, 0.3) is 16.9 Å². The Morgan fingerprint density at radius 3 is 2.51 bits per heavy atom. The predicted molar refractivity (Wildman–Crippen MR) is 147 cm³/mol. The molecule has 4 rings (SSSR count). The van der Waals surface area contributed by atoms with Crippen molar-refractivity contribution >= 4 is 45.9 Å². The van der Waals surface area contributed by atoms with Crippen LogP contribution in [0.3, 0.4) is 0 Å². The van der Waals surface area contributed by atoms with Gasteiger partial charge in [0.2, 0.25) is 4.80 Å². The van der Waals surface area contributed by atoms with Gasteiger partial charge in [0, 0.05) is 28.7 Å². The molecule has 0 unspecified atom stereocenters. The van der Waals surface area contributed by atoms with Gasteiger partial charge in [-0.2, -0.15) is 5.10 Å². The summed E-state index contributed by atoms with van der Waals surface area (Å²) in [5, 5.41) is 7.96. The lowest BCUT2D eigenvalue weighted by Crippen LogP contribution is -2.20. The van der Waals surface area contributed by atoms with Gasteiger partial charge >= 0.3 is 0 Å². The normalized spacial score (nSPS) is 12.7. The molecule has 6 nitrogen and oxygen atoms in total. The SMILES string of the molecule is CC(CC(C)C)=Nn1c(-c2cc(Cl)ccc2Cl)csc1=Nc1c(C)n(C)n(-c2ccccc2)c1=O. The van der Waals surface area contributed by atoms with Gasteiger partial charge in [-0.05, 0) is 56.5 Å². The standard InChI is InChI=1S/C26H27Cl2N5OS/c1-16(2)13-17(3)30-32-23(21-14-19(27)11-12-22(21)28)15-35-26(32)29-24-18(4)31(5)33(25(24)34)20-9-7-6-8-10-20/h6-12,14-16H,13H2,1-5H3. The molecular formula is C26H27Cl2N5OS. The van der Waals surface area contributed by atoms with Crippen molar-refractivity contribution in [3.8, 4) is 16.9 Å². The fourth-order valence-corrected chi connectivity index (χ4v) is 5.15. The molecule has 0 N–H and O–H groups in total. The summed E-state index contributed by atoms with van der Waals surface area (Å²) in [5.41, 5.74) is 4.18. The molecule has 9 heteroatoms. The largest absolute Gasteiger partial charge is 0.297 e. The lowest BCUT2D eigenvalue weighted by Gasteiger charge is -2.09. The Morgan fingerprint density at radius 2 is 1.83 bits per heavy atom. The molecular weight excluding hydrogens is 501 g/mol. The van der Waals surface area contributed by atoms with Gasteiger partial charge < -0.3 is 0 Å². The van der Waals surface area contributed by atoms with Gasteiger partial charge in [-0.1, -0.05) is 55.2 Å². The summed E-state index contributed by atoms with van der Waals surface area (Å²) < 4.78 is 5.20. The average molecular weight is 529 g/mol. The third-order valence-corrected chi connectivity index (χ3v) is 6.98. The third kappa shape index (κ3) is 5.22. The number of hydrogen-bond donors (Lipinski definition) is 0. The first kappa shape index (κ1) is 25.2. The summed E-state index contributed by atoms with van der Waals surface area (Å²) in [6, 6.07) is 14.9. The maximum Gasteiger partial charge on any atom is 0.297 e. The van der Waals surface area contributed by atoms with Crippen LogP contribution in [0.5, 0.6) is 0 Å². The van der Waals surface area contributed by atoms with Crippen LogP contribution < -0.4 is 10.4 Å². The molecule has 0 fully saturated rings. The number of halogens is 2. The molecule has 0 aliphatic rings. The fourth-order valence-electron chi connectivity index (χ4n) is 3.93. The van der Waals surface area contributed by atoms with E-state index in [1.165, 1.54) is 11.3 Å². The zero-order chi connectivity index (χ0) is 25.3. The van der Waals surface area contributed by atoms with Crippen molar-refractivity contribution in [1.29, 1.82) is 0 Å². The van der Waals surface area contributed by atoms with Crippen molar-refractivity contribution in [2.75, 3.05) is 0 Å². The number of benzene rings is 2. The van der Waals surface area contributed by atoms with E-state index in [9.17, 15) is 4.79 Å². The van der Waals surface area contributed by atoms with Crippen molar-refractivity contribution in [2.24, 2.45) is 23.1 Å². The Hall–Kier alpha value is -2.87. The van der Waals surface area contributed by atoms with Gasteiger partial charge in [-0.15, -0.1) is 11.3 Å². The van der Waals surface area contributed by atoms with Crippen LogP contribution in [0.1, 0.15) is 32.9 Å². The molecule has 0 bridgehead atoms. The van der Waals surface area contributed by atoms with Gasteiger partial charge in [0.25, 0.3) is 5.56 Å². The van der Waals surface area contributed by atoms with Crippen LogP contribution in [-0.4, -0.2) is 19.8 Å². The second-order valence-corrected chi connectivity index (χ2v) is 10.5. The van der Waals surface area contributed by atoms with Crippen LogP contribution in [0.4, 0.5) is 5.69 Å². The maximum atomic E-state index is 13.4. The van der Waals surface area contributed by atoms with Gasteiger partial charge in [-0.25, -0.2) is 14.4 Å². The maximum absolute atomic E-state index is 13.4. The van der Waals surface area contributed by atoms with E-state index in [0.717, 1.165) is 34.8 Å². The highest BCUT2D eigenvalue weighted by molar-refractivity contribution is 7.07. The van der Waals surface area contributed by atoms with Gasteiger partial charge in [0.15, 0.2) is 5.69 Å². The van der Waals surface area contributed by atoms with E-state index >= 15 is 0 Å². The lowest BCUT2D eigenvalue weighted by atomic mass is 10.1. The molecule has 0 radical (unpaired) electrons. The number of thiazole rings is 1. The zero-order valence-electron chi connectivity index (χ0n) is 20.3. The van der Waals surface area contributed by atoms with E-state index in [1.54, 1.807) is 21.5 Å². The van der Waals surface area contributed by atoms with E-state index in [2.05, 4.69) is 13.8 Å². The molecule has 0 saturated carbocycles. The number of rotatable bonds is 6. The van der Waals surface area contributed by atoms with Crippen molar-refractivity contribution < 1.29 is 0 Å². The molecule has 2 aromatic carbocycles. The molecule has 0 spiro atoms. The first-order valence-electron chi connectivity index (χ1n) is 11.3. The molecule has 182 valence electrons. The summed E-state index contributed by atoms with van der Waals surface area (Å²) in [4.78, 5) is 18.8. The quantitative estimate of drug-likeness (QED) is 0.253. The van der Waals surface area contributed by atoms with Crippen molar-refractivity contribution in [3.05, 3.63) is 84.8 Å². The van der Waals surface area contributed by atoms with Crippen LogP contribution in [0.2, 0.25) is 10.0 Å². The summed E-state index contributed by atoms with van der Waals surface area (Å²) in [5.74, 6) is 0.450. The Morgan fingerprint density at radius 1 is 1.11 bits per heavy atom. The molecule has 2 heterocycles. The van der Waals surface area contributed by atoms with Crippen molar-refractivity contribution in [2.45, 2.75) is 34.1 Å². The first-order chi connectivity index (χ1) is 16.7. The van der Waals surface area contributed by atoms with Gasteiger partial charge in [-0.3, -0.25) is 9.48 Å². The molecule has 0 aliphatic heterocycles. The summed E-state index contributed by atoms with van der Waals surface area (Å²) in [6.07, 6.45) is 0.830. The van der Waals surface area contributed by atoms with Crippen LogP contribution in [0.15, 0.2) is 68.8 Å². The fraction of sp³-hybridized carbons (Fsp3) is 0.269. The lowest BCUT2D eigenvalue weighted by molar-refractivity contribution is 0.630. The molecule has 4 aromatic rings. The third-order valence-electron chi connectivity index (χ3n) is 5.60. The number of aromatic nitrogens is 3. The van der Waals surface area contributed by atoms with Gasteiger partial charge in [0.05, 0.1) is 22.1 Å². The Kier molecular flexibility index (Phi) is 7.50. The van der Waals surface area contributed by atoms with E-state index in [1.807, 2.05) is 67.4 Å². The van der Waals surface area contributed by atoms with Gasteiger partial charge in [0.1, 0.15) is 0 Å². The molecule has 0 atom stereocenters. The Bertz CT molecular complexity index is 1520. The predicted octanol–water partition coefficient (Wildman–Crippen LogP) is 6.82. The minimum Gasteiger partial charge on any atom is -0.283 e. The monoisotopic (exact) mass is 527 g/mol. The topological polar surface area (TPSA) is 56.6 Å². The van der Waals surface area contributed by atoms with Crippen molar-refractivity contribution in [1.82, 2.24) is 14.0 Å². The molecule has 2 aromatic heterocycles. The second-order valence-electron chi connectivity index (χ2n) is 8.79. The molecule has 0 aliphatic carbocycles. The number of nitrogens with zero attached hydrogens (tertiary/aromatic N) is 5. The minimum absolute atomic E-state index is 0.193. The van der Waals surface area contributed by atoms with E-state index in [4.69, 9.17) is 33.3 Å². The van der Waals surface area contributed by atoms with Crippen molar-refractivity contribution in [3.63, 3.8) is 0 Å². The molecule has 0 saturated heterocycles. The number of hydrogen-bond acceptors (Lipinski definition) is 4. The Balaban J connectivity index is 1.96. The van der Waals surface area contributed by atoms with E-state index in [0.29, 0.717) is 26.5 Å². The smallest absolute Gasteiger partial charge is 0.283 e. The summed E-state index contributed by atoms with van der Waals surface area (Å²) in [7, 11) is 1.85. The van der Waals surface area contributed by atoms with E-state index < -0.39 is 0 Å². The Labute approximate surface area is 218 Å². The summed E-state index contributed by atoms with van der Waals surface area (Å²) >= 11 is 14.2. The highest BCUT2D eigenvalue weighted by atomic mass is 35.5. The zero-order valence-corrected chi connectivity index (χ0v) is 22.6. The highest BCUT2D eigenvalue weighted by Crippen LogP contribution is 2.31. The van der Waals surface area contributed by atoms with Crippen LogP contribution in [0, 0.1) is 12.8 Å². The molecule has 0 amide bonds. The number of para-hydroxylation sites is 1. The minimum atomic E-state index is -0.193. The second kappa shape index (κ2) is 10.4. The molecule has 35 heavy (non-hydrogen) atoms. The average Bonchev–Trinajstić information content (AvgIpc) is 3.29. The van der Waals surface area contributed by atoms with Crippen LogP contribution in [-0.2, 0) is 7.05 Å².